The van der Waals surface area contributed by atoms with Gasteiger partial charge in [-0.25, -0.2) is 31.9 Å². The molecule has 2 heterocycles. The molecule has 3 aromatic rings. The predicted octanol–water partition coefficient (Wildman–Crippen LogP) is -1.73. The molecule has 0 aliphatic carbocycles. The number of fused-ring (bicyclic) bond motifs is 1. The number of nitrogens with two attached hydrogens (primary N) is 1. The van der Waals surface area contributed by atoms with Crippen LogP contribution in [0.2, 0.25) is 0 Å². The molecule has 148 valence electrons. The third-order valence-corrected chi connectivity index (χ3v) is 4.72. The molecule has 1 unspecified atom stereocenters. The molecule has 5 N–H and O–H groups in total. The van der Waals surface area contributed by atoms with E-state index >= 15 is 0 Å². The number of hydrogen-bond donors (Lipinski definition) is 4. The lowest BCUT2D eigenvalue weighted by atomic mass is 10.2. The molecule has 3 rings (SSSR count). The van der Waals surface area contributed by atoms with Crippen LogP contribution in [0.5, 0.6) is 0 Å². The minimum Gasteiger partial charge on any atom is -0.320 e. The lowest BCUT2D eigenvalue weighted by Crippen LogP contribution is -2.27. The molecule has 1 atom stereocenters. The molecular weight excluding hydrogens is 416 g/mol. The second-order valence-electron chi connectivity index (χ2n) is 5.38. The standard InChI is InChI=1S/C12H12N8O6S2/c1-19-12(22)20-5-14-9(10(20)16-18-19)11(21)15-6-2-7(17-27(23)24)4-8(3-6)28(13,25)26/h2-5,17H,1H3,(H,15,21)(H,23,24)(H2,13,25,26). The van der Waals surface area contributed by atoms with Crippen molar-refractivity contribution in [3.8, 4) is 0 Å². The summed E-state index contributed by atoms with van der Waals surface area (Å²) >= 11 is -2.49. The molecule has 0 saturated heterocycles. The normalized spacial score (nSPS) is 12.7. The van der Waals surface area contributed by atoms with E-state index < -0.39 is 37.8 Å². The zero-order valence-corrected chi connectivity index (χ0v) is 15.6. The summed E-state index contributed by atoms with van der Waals surface area (Å²) in [5.41, 5.74) is -1.09. The molecule has 1 aromatic carbocycles. The highest BCUT2D eigenvalue weighted by atomic mass is 32.2. The summed E-state index contributed by atoms with van der Waals surface area (Å²) < 4.78 is 47.1. The molecule has 2 aromatic heterocycles. The zero-order chi connectivity index (χ0) is 20.6. The first-order valence-electron chi connectivity index (χ1n) is 7.20. The Labute approximate surface area is 158 Å². The lowest BCUT2D eigenvalue weighted by Gasteiger charge is -2.09. The number of aromatic nitrogens is 5. The largest absolute Gasteiger partial charge is 0.352 e. The van der Waals surface area contributed by atoms with E-state index in [2.05, 4.69) is 25.3 Å². The number of amides is 1. The highest BCUT2D eigenvalue weighted by Gasteiger charge is 2.19. The van der Waals surface area contributed by atoms with Gasteiger partial charge < -0.3 is 5.32 Å². The van der Waals surface area contributed by atoms with Gasteiger partial charge in [0.1, 0.15) is 6.33 Å². The van der Waals surface area contributed by atoms with Gasteiger partial charge in [0.2, 0.25) is 10.0 Å². The fraction of sp³-hybridized carbons (Fsp3) is 0.0833. The Morgan fingerprint density at radius 3 is 2.61 bits per heavy atom. The number of nitrogens with zero attached hydrogens (tertiary/aromatic N) is 5. The Morgan fingerprint density at radius 2 is 1.96 bits per heavy atom. The molecule has 0 spiro atoms. The molecule has 0 radical (unpaired) electrons. The smallest absolute Gasteiger partial charge is 0.320 e. The summed E-state index contributed by atoms with van der Waals surface area (Å²) in [5, 5.41) is 14.7. The predicted molar refractivity (Wildman–Crippen MR) is 96.2 cm³/mol. The van der Waals surface area contributed by atoms with Crippen molar-refractivity contribution in [2.45, 2.75) is 4.90 Å². The maximum absolute atomic E-state index is 12.5. The van der Waals surface area contributed by atoms with Crippen LogP contribution in [-0.2, 0) is 28.3 Å². The number of rotatable bonds is 5. The van der Waals surface area contributed by atoms with E-state index in [0.717, 1.165) is 27.5 Å². The van der Waals surface area contributed by atoms with E-state index in [9.17, 15) is 22.2 Å². The van der Waals surface area contributed by atoms with Crippen molar-refractivity contribution < 1.29 is 22.0 Å². The molecule has 28 heavy (non-hydrogen) atoms. The average Bonchev–Trinajstić information content (AvgIpc) is 3.01. The molecule has 0 fully saturated rings. The highest BCUT2D eigenvalue weighted by molar-refractivity contribution is 7.89. The first-order valence-corrected chi connectivity index (χ1v) is 9.85. The third kappa shape index (κ3) is 3.88. The number of imidazole rings is 1. The Balaban J connectivity index is 2.01. The SMILES string of the molecule is Cn1nnc2c(C(=O)Nc3cc(NS(=O)O)cc(S(N)(=O)=O)c3)ncn2c1=O. The molecule has 16 heteroatoms. The highest BCUT2D eigenvalue weighted by Crippen LogP contribution is 2.23. The van der Waals surface area contributed by atoms with Crippen molar-refractivity contribution in [3.05, 3.63) is 40.7 Å². The molecular formula is C12H12N8O6S2. The Hall–Kier alpha value is -3.21. The van der Waals surface area contributed by atoms with E-state index in [1.807, 2.05) is 0 Å². The first kappa shape index (κ1) is 19.5. The van der Waals surface area contributed by atoms with Crippen molar-refractivity contribution in [1.82, 2.24) is 24.4 Å². The average molecular weight is 428 g/mol. The van der Waals surface area contributed by atoms with Gasteiger partial charge in [0, 0.05) is 12.7 Å². The lowest BCUT2D eigenvalue weighted by molar-refractivity contribution is 0.102. The Kier molecular flexibility index (Phi) is 4.94. The Morgan fingerprint density at radius 1 is 1.29 bits per heavy atom. The number of anilines is 2. The third-order valence-electron chi connectivity index (χ3n) is 3.41. The number of hydrogen-bond acceptors (Lipinski definition) is 8. The van der Waals surface area contributed by atoms with Gasteiger partial charge in [-0.1, -0.05) is 5.21 Å². The van der Waals surface area contributed by atoms with E-state index in [4.69, 9.17) is 9.69 Å². The summed E-state index contributed by atoms with van der Waals surface area (Å²) in [5.74, 6) is -0.826. The number of aryl methyl sites for hydroxylation is 1. The Bertz CT molecular complexity index is 1280. The van der Waals surface area contributed by atoms with Gasteiger partial charge >= 0.3 is 5.69 Å². The topological polar surface area (TPSA) is 204 Å². The number of carbonyl (C=O) groups excluding carboxylic acids is 1. The summed E-state index contributed by atoms with van der Waals surface area (Å²) in [6, 6.07) is 3.26. The molecule has 0 aliphatic heterocycles. The van der Waals surface area contributed by atoms with Crippen LogP contribution in [0.15, 0.2) is 34.2 Å². The maximum Gasteiger partial charge on any atom is 0.352 e. The first-order chi connectivity index (χ1) is 13.1. The quantitative estimate of drug-likeness (QED) is 0.340. The van der Waals surface area contributed by atoms with Crippen molar-refractivity contribution in [3.63, 3.8) is 0 Å². The summed E-state index contributed by atoms with van der Waals surface area (Å²) in [6.45, 7) is 0. The molecule has 1 amide bonds. The monoisotopic (exact) mass is 428 g/mol. The minimum absolute atomic E-state index is 0.0672. The fourth-order valence-corrected chi connectivity index (χ4v) is 3.13. The van der Waals surface area contributed by atoms with E-state index in [1.165, 1.54) is 13.1 Å². The van der Waals surface area contributed by atoms with E-state index in [-0.39, 0.29) is 22.7 Å². The van der Waals surface area contributed by atoms with Crippen LogP contribution >= 0.6 is 0 Å². The number of nitrogens with one attached hydrogen (secondary N) is 2. The minimum atomic E-state index is -4.18. The summed E-state index contributed by atoms with van der Waals surface area (Å²) in [4.78, 5) is 27.8. The van der Waals surface area contributed by atoms with Crippen molar-refractivity contribution in [2.75, 3.05) is 10.0 Å². The van der Waals surface area contributed by atoms with Crippen LogP contribution < -0.4 is 20.9 Å². The van der Waals surface area contributed by atoms with E-state index in [1.54, 1.807) is 0 Å². The number of benzene rings is 1. The zero-order valence-electron chi connectivity index (χ0n) is 13.9. The van der Waals surface area contributed by atoms with Crippen LogP contribution in [-0.4, -0.2) is 47.5 Å². The van der Waals surface area contributed by atoms with Crippen LogP contribution in [0.3, 0.4) is 0 Å². The van der Waals surface area contributed by atoms with Crippen LogP contribution in [0, 0.1) is 0 Å². The van der Waals surface area contributed by atoms with Gasteiger partial charge in [0.25, 0.3) is 17.2 Å². The van der Waals surface area contributed by atoms with Gasteiger partial charge in [-0.05, 0) is 18.2 Å². The van der Waals surface area contributed by atoms with Crippen LogP contribution in [0.4, 0.5) is 11.4 Å². The number of primary sulfonamides is 1. The molecule has 14 nitrogen and oxygen atoms in total. The van der Waals surface area contributed by atoms with Crippen molar-refractivity contribution >= 4 is 44.2 Å². The van der Waals surface area contributed by atoms with Gasteiger partial charge in [0.15, 0.2) is 11.3 Å². The summed E-state index contributed by atoms with van der Waals surface area (Å²) in [7, 11) is -2.81. The van der Waals surface area contributed by atoms with E-state index in [0.29, 0.717) is 0 Å². The second kappa shape index (κ2) is 7.08. The van der Waals surface area contributed by atoms with Gasteiger partial charge in [-0.15, -0.1) is 5.10 Å². The van der Waals surface area contributed by atoms with Crippen molar-refractivity contribution in [1.29, 1.82) is 0 Å². The van der Waals surface area contributed by atoms with Crippen LogP contribution in [0.1, 0.15) is 10.5 Å². The summed E-state index contributed by atoms with van der Waals surface area (Å²) in [6.07, 6.45) is 1.09. The van der Waals surface area contributed by atoms with Crippen LogP contribution in [0.25, 0.3) is 5.65 Å². The van der Waals surface area contributed by atoms with Gasteiger partial charge in [-0.2, -0.15) is 4.68 Å². The fourth-order valence-electron chi connectivity index (χ4n) is 2.23. The number of sulfonamides is 1. The second-order valence-corrected chi connectivity index (χ2v) is 7.64. The number of carbonyl (C=O) groups is 1. The molecule has 0 bridgehead atoms. The molecule has 0 aliphatic rings. The molecule has 0 saturated carbocycles. The van der Waals surface area contributed by atoms with Gasteiger partial charge in [-0.3, -0.25) is 14.1 Å². The van der Waals surface area contributed by atoms with Crippen molar-refractivity contribution in [2.24, 2.45) is 12.2 Å². The maximum atomic E-state index is 12.5. The van der Waals surface area contributed by atoms with Gasteiger partial charge in [0.05, 0.1) is 10.6 Å².